The summed E-state index contributed by atoms with van der Waals surface area (Å²) in [6.07, 6.45) is 5.38. The van der Waals surface area contributed by atoms with Crippen molar-refractivity contribution in [2.75, 3.05) is 0 Å². The first-order chi connectivity index (χ1) is 3.31. The second-order valence-corrected chi connectivity index (χ2v) is 1.70. The molecule has 0 aromatic heterocycles. The zero-order valence-corrected chi connectivity index (χ0v) is 5.36. The molecule has 0 amide bonds. The molecule has 0 unspecified atom stereocenters. The van der Waals surface area contributed by atoms with Crippen molar-refractivity contribution in [1.29, 1.82) is 0 Å². The Morgan fingerprint density at radius 3 is 2.29 bits per heavy atom. The van der Waals surface area contributed by atoms with Crippen LogP contribution in [0.5, 0.6) is 0 Å². The third kappa shape index (κ3) is 3.57. The Bertz CT molecular complexity index is 60.4. The van der Waals surface area contributed by atoms with E-state index in [1.165, 1.54) is 12.0 Å². The molecule has 0 saturated heterocycles. The van der Waals surface area contributed by atoms with E-state index >= 15 is 0 Å². The smallest absolute Gasteiger partial charge is 0.0199 e. The standard InChI is InChI=1S/C7H13/c1-4-6-7(3)5-2/h4,6H,5H2,1-3H3/b7-6-. The van der Waals surface area contributed by atoms with E-state index in [1.807, 2.05) is 6.92 Å². The molecule has 0 aliphatic carbocycles. The first-order valence-corrected chi connectivity index (χ1v) is 2.76. The monoisotopic (exact) mass is 97.1 g/mol. The van der Waals surface area contributed by atoms with Gasteiger partial charge in [-0.2, -0.15) is 0 Å². The van der Waals surface area contributed by atoms with E-state index in [0.717, 1.165) is 0 Å². The Hall–Kier alpha value is -0.260. The second-order valence-electron chi connectivity index (χ2n) is 1.70. The highest BCUT2D eigenvalue weighted by Gasteiger charge is 1.77. The number of allylic oxidation sites excluding steroid dienone is 2. The summed E-state index contributed by atoms with van der Waals surface area (Å²) in [4.78, 5) is 0. The van der Waals surface area contributed by atoms with Gasteiger partial charge in [0.15, 0.2) is 0 Å². The average Bonchev–Trinajstić information content (AvgIpc) is 1.68. The van der Waals surface area contributed by atoms with Crippen molar-refractivity contribution in [3.63, 3.8) is 0 Å². The van der Waals surface area contributed by atoms with Crippen LogP contribution < -0.4 is 0 Å². The summed E-state index contributed by atoms with van der Waals surface area (Å²) >= 11 is 0. The van der Waals surface area contributed by atoms with E-state index in [0.29, 0.717) is 0 Å². The minimum atomic E-state index is 1.17. The lowest BCUT2D eigenvalue weighted by Gasteiger charge is -1.88. The maximum absolute atomic E-state index is 2.16. The SMILES string of the molecule is C[CH]/C=C(/C)CC. The lowest BCUT2D eigenvalue weighted by Crippen LogP contribution is -1.68. The van der Waals surface area contributed by atoms with Gasteiger partial charge in [-0.3, -0.25) is 0 Å². The lowest BCUT2D eigenvalue weighted by molar-refractivity contribution is 1.09. The van der Waals surface area contributed by atoms with E-state index in [-0.39, 0.29) is 0 Å². The summed E-state index contributed by atoms with van der Waals surface area (Å²) in [6.45, 7) is 6.34. The van der Waals surface area contributed by atoms with E-state index in [1.54, 1.807) is 0 Å². The van der Waals surface area contributed by atoms with Gasteiger partial charge in [-0.15, -0.1) is 0 Å². The Labute approximate surface area is 46.2 Å². The van der Waals surface area contributed by atoms with Crippen molar-refractivity contribution in [1.82, 2.24) is 0 Å². The molecule has 0 aromatic carbocycles. The van der Waals surface area contributed by atoms with E-state index in [4.69, 9.17) is 0 Å². The van der Waals surface area contributed by atoms with Crippen LogP contribution in [-0.4, -0.2) is 0 Å². The molecule has 41 valence electrons. The number of rotatable bonds is 2. The molecular formula is C7H13. The summed E-state index contributed by atoms with van der Waals surface area (Å²) in [5, 5.41) is 0. The first-order valence-electron chi connectivity index (χ1n) is 2.76. The highest BCUT2D eigenvalue weighted by atomic mass is 13.8. The summed E-state index contributed by atoms with van der Waals surface area (Å²) in [5.41, 5.74) is 1.45. The predicted octanol–water partition coefficient (Wildman–Crippen LogP) is 2.57. The molecule has 0 aliphatic rings. The van der Waals surface area contributed by atoms with Gasteiger partial charge in [0.2, 0.25) is 0 Å². The second kappa shape index (κ2) is 3.91. The summed E-state index contributed by atoms with van der Waals surface area (Å²) in [6, 6.07) is 0. The maximum Gasteiger partial charge on any atom is -0.0199 e. The summed E-state index contributed by atoms with van der Waals surface area (Å²) in [5.74, 6) is 0. The molecule has 7 heavy (non-hydrogen) atoms. The van der Waals surface area contributed by atoms with Crippen LogP contribution in [0, 0.1) is 6.42 Å². The molecule has 0 N–H and O–H groups in total. The average molecular weight is 97.2 g/mol. The van der Waals surface area contributed by atoms with Gasteiger partial charge in [-0.1, -0.05) is 25.5 Å². The van der Waals surface area contributed by atoms with Crippen LogP contribution in [-0.2, 0) is 0 Å². The fraction of sp³-hybridized carbons (Fsp3) is 0.571. The van der Waals surface area contributed by atoms with Crippen LogP contribution in [0.1, 0.15) is 27.2 Å². The first kappa shape index (κ1) is 6.74. The zero-order chi connectivity index (χ0) is 5.70. The Morgan fingerprint density at radius 1 is 1.57 bits per heavy atom. The van der Waals surface area contributed by atoms with E-state index in [9.17, 15) is 0 Å². The molecule has 0 atom stereocenters. The van der Waals surface area contributed by atoms with Crippen LogP contribution in [0.2, 0.25) is 0 Å². The Balaban J connectivity index is 3.29. The summed E-state index contributed by atoms with van der Waals surface area (Å²) in [7, 11) is 0. The molecule has 0 heterocycles. The van der Waals surface area contributed by atoms with Gasteiger partial charge in [-0.25, -0.2) is 0 Å². The van der Waals surface area contributed by atoms with Gasteiger partial charge in [-0.05, 0) is 19.8 Å². The van der Waals surface area contributed by atoms with E-state index in [2.05, 4.69) is 26.3 Å². The summed E-state index contributed by atoms with van der Waals surface area (Å²) < 4.78 is 0. The topological polar surface area (TPSA) is 0 Å². The normalized spacial score (nSPS) is 12.1. The predicted molar refractivity (Wildman–Crippen MR) is 34.0 cm³/mol. The van der Waals surface area contributed by atoms with E-state index < -0.39 is 0 Å². The van der Waals surface area contributed by atoms with Gasteiger partial charge in [0.1, 0.15) is 0 Å². The quantitative estimate of drug-likeness (QED) is 0.496. The minimum Gasteiger partial charge on any atom is -0.0822 e. The molecule has 0 spiro atoms. The van der Waals surface area contributed by atoms with Crippen molar-refractivity contribution in [2.24, 2.45) is 0 Å². The molecule has 0 saturated carbocycles. The number of hydrogen-bond acceptors (Lipinski definition) is 0. The van der Waals surface area contributed by atoms with Gasteiger partial charge < -0.3 is 0 Å². The van der Waals surface area contributed by atoms with Crippen molar-refractivity contribution >= 4 is 0 Å². The van der Waals surface area contributed by atoms with Crippen LogP contribution >= 0.6 is 0 Å². The van der Waals surface area contributed by atoms with Crippen LogP contribution in [0.3, 0.4) is 0 Å². The van der Waals surface area contributed by atoms with Crippen molar-refractivity contribution in [3.8, 4) is 0 Å². The van der Waals surface area contributed by atoms with Gasteiger partial charge >= 0.3 is 0 Å². The van der Waals surface area contributed by atoms with Crippen molar-refractivity contribution < 1.29 is 0 Å². The molecule has 0 fully saturated rings. The molecule has 1 radical (unpaired) electrons. The molecule has 0 heteroatoms. The van der Waals surface area contributed by atoms with Crippen LogP contribution in [0.25, 0.3) is 0 Å². The molecule has 0 rings (SSSR count). The highest BCUT2D eigenvalue weighted by Crippen LogP contribution is 1.97. The number of hydrogen-bond donors (Lipinski definition) is 0. The Kier molecular flexibility index (Phi) is 3.77. The van der Waals surface area contributed by atoms with Gasteiger partial charge in [0.05, 0.1) is 0 Å². The molecular weight excluding hydrogens is 84.1 g/mol. The van der Waals surface area contributed by atoms with Crippen LogP contribution in [0.4, 0.5) is 0 Å². The van der Waals surface area contributed by atoms with Crippen LogP contribution in [0.15, 0.2) is 11.6 Å². The van der Waals surface area contributed by atoms with Crippen molar-refractivity contribution in [2.45, 2.75) is 27.2 Å². The molecule has 0 nitrogen and oxygen atoms in total. The van der Waals surface area contributed by atoms with Gasteiger partial charge in [0.25, 0.3) is 0 Å². The lowest BCUT2D eigenvalue weighted by atomic mass is 10.2. The fourth-order valence-corrected chi connectivity index (χ4v) is 0.402. The largest absolute Gasteiger partial charge is 0.0822 e. The van der Waals surface area contributed by atoms with Gasteiger partial charge in [0, 0.05) is 0 Å². The minimum absolute atomic E-state index is 1.17. The highest BCUT2D eigenvalue weighted by molar-refractivity contribution is 5.02. The van der Waals surface area contributed by atoms with Crippen molar-refractivity contribution in [3.05, 3.63) is 18.1 Å². The molecule has 0 aromatic rings. The zero-order valence-electron chi connectivity index (χ0n) is 5.36. The fourth-order valence-electron chi connectivity index (χ4n) is 0.402. The molecule has 0 bridgehead atoms. The maximum atomic E-state index is 2.16. The molecule has 0 aliphatic heterocycles. The Morgan fingerprint density at radius 2 is 2.14 bits per heavy atom. The third-order valence-electron chi connectivity index (χ3n) is 1.01. The third-order valence-corrected chi connectivity index (χ3v) is 1.01.